The van der Waals surface area contributed by atoms with Gasteiger partial charge in [-0.15, -0.1) is 0 Å². The lowest BCUT2D eigenvalue weighted by atomic mass is 10.1. The standard InChI is InChI=1S/C12H8Cl2N2O2/c13-8-1-6(2-9(14)4-8)7-3-10(12(17)18)11(15)16-5-7/h1-5H,(H2,15,16)(H,17,18). The van der Waals surface area contributed by atoms with Crippen LogP contribution in [0, 0.1) is 0 Å². The monoisotopic (exact) mass is 282 g/mol. The van der Waals surface area contributed by atoms with Gasteiger partial charge >= 0.3 is 5.97 Å². The van der Waals surface area contributed by atoms with E-state index in [9.17, 15) is 4.79 Å². The fourth-order valence-corrected chi connectivity index (χ4v) is 2.05. The first kappa shape index (κ1) is 12.7. The number of aromatic carboxylic acids is 1. The molecule has 0 aliphatic rings. The number of anilines is 1. The van der Waals surface area contributed by atoms with Crippen LogP contribution in [0.25, 0.3) is 11.1 Å². The minimum atomic E-state index is -1.13. The van der Waals surface area contributed by atoms with Crippen LogP contribution in [0.3, 0.4) is 0 Å². The molecule has 0 radical (unpaired) electrons. The number of nitrogens with zero attached hydrogens (tertiary/aromatic N) is 1. The number of carboxylic acid groups (broad SMARTS) is 1. The van der Waals surface area contributed by atoms with Gasteiger partial charge in [-0.25, -0.2) is 9.78 Å². The lowest BCUT2D eigenvalue weighted by molar-refractivity contribution is 0.0698. The summed E-state index contributed by atoms with van der Waals surface area (Å²) in [5.74, 6) is -1.16. The zero-order chi connectivity index (χ0) is 13.3. The van der Waals surface area contributed by atoms with Crippen molar-refractivity contribution in [2.24, 2.45) is 0 Å². The Balaban J connectivity index is 2.57. The average Bonchev–Trinajstić information content (AvgIpc) is 2.27. The average molecular weight is 283 g/mol. The first-order valence-corrected chi connectivity index (χ1v) is 5.68. The zero-order valence-corrected chi connectivity index (χ0v) is 10.5. The molecule has 0 aliphatic heterocycles. The minimum Gasteiger partial charge on any atom is -0.478 e. The molecule has 1 aromatic carbocycles. The highest BCUT2D eigenvalue weighted by Gasteiger charge is 2.11. The fourth-order valence-electron chi connectivity index (χ4n) is 1.53. The third kappa shape index (κ3) is 2.55. The van der Waals surface area contributed by atoms with E-state index in [1.54, 1.807) is 18.2 Å². The number of carboxylic acids is 1. The van der Waals surface area contributed by atoms with Gasteiger partial charge in [0.1, 0.15) is 11.4 Å². The van der Waals surface area contributed by atoms with Gasteiger partial charge in [-0.3, -0.25) is 0 Å². The Bertz CT molecular complexity index is 609. The van der Waals surface area contributed by atoms with Crippen molar-refractivity contribution in [3.63, 3.8) is 0 Å². The second-order valence-corrected chi connectivity index (χ2v) is 4.49. The van der Waals surface area contributed by atoms with E-state index < -0.39 is 5.97 Å². The van der Waals surface area contributed by atoms with Gasteiger partial charge in [0.05, 0.1) is 0 Å². The number of rotatable bonds is 2. The molecule has 0 aliphatic carbocycles. The molecule has 92 valence electrons. The van der Waals surface area contributed by atoms with Crippen molar-refractivity contribution in [2.45, 2.75) is 0 Å². The van der Waals surface area contributed by atoms with Crippen LogP contribution in [0.4, 0.5) is 5.82 Å². The molecule has 2 rings (SSSR count). The molecule has 1 aromatic heterocycles. The van der Waals surface area contributed by atoms with Crippen LogP contribution in [0.15, 0.2) is 30.5 Å². The van der Waals surface area contributed by atoms with E-state index in [0.717, 1.165) is 0 Å². The van der Waals surface area contributed by atoms with E-state index in [-0.39, 0.29) is 11.4 Å². The molecule has 0 fully saturated rings. The first-order valence-electron chi connectivity index (χ1n) is 4.92. The van der Waals surface area contributed by atoms with Gasteiger partial charge in [0.15, 0.2) is 0 Å². The summed E-state index contributed by atoms with van der Waals surface area (Å²) < 4.78 is 0. The molecular weight excluding hydrogens is 275 g/mol. The molecule has 0 saturated heterocycles. The summed E-state index contributed by atoms with van der Waals surface area (Å²) in [5.41, 5.74) is 6.70. The van der Waals surface area contributed by atoms with Gasteiger partial charge in [-0.1, -0.05) is 23.2 Å². The van der Waals surface area contributed by atoms with E-state index in [1.807, 2.05) is 0 Å². The third-order valence-corrected chi connectivity index (χ3v) is 2.78. The number of hydrogen-bond acceptors (Lipinski definition) is 3. The topological polar surface area (TPSA) is 76.2 Å². The number of nitrogens with two attached hydrogens (primary N) is 1. The second-order valence-electron chi connectivity index (χ2n) is 3.62. The van der Waals surface area contributed by atoms with E-state index in [1.165, 1.54) is 12.3 Å². The molecule has 18 heavy (non-hydrogen) atoms. The zero-order valence-electron chi connectivity index (χ0n) is 9.02. The van der Waals surface area contributed by atoms with Crippen LogP contribution in [0.2, 0.25) is 10.0 Å². The van der Waals surface area contributed by atoms with Crippen LogP contribution in [0.5, 0.6) is 0 Å². The summed E-state index contributed by atoms with van der Waals surface area (Å²) in [6.07, 6.45) is 1.48. The lowest BCUT2D eigenvalue weighted by Gasteiger charge is -2.06. The van der Waals surface area contributed by atoms with Crippen LogP contribution in [0.1, 0.15) is 10.4 Å². The van der Waals surface area contributed by atoms with Crippen LogP contribution in [-0.4, -0.2) is 16.1 Å². The predicted octanol–water partition coefficient (Wildman–Crippen LogP) is 3.34. The molecular formula is C12H8Cl2N2O2. The highest BCUT2D eigenvalue weighted by atomic mass is 35.5. The molecule has 6 heteroatoms. The maximum Gasteiger partial charge on any atom is 0.339 e. The number of halogens is 2. The summed E-state index contributed by atoms with van der Waals surface area (Å²) >= 11 is 11.8. The van der Waals surface area contributed by atoms with Gasteiger partial charge in [-0.2, -0.15) is 0 Å². The fraction of sp³-hybridized carbons (Fsp3) is 0. The van der Waals surface area contributed by atoms with Gasteiger partial charge in [0.2, 0.25) is 0 Å². The molecule has 3 N–H and O–H groups in total. The Kier molecular flexibility index (Phi) is 3.41. The van der Waals surface area contributed by atoms with E-state index in [0.29, 0.717) is 21.2 Å². The Morgan fingerprint density at radius 2 is 1.72 bits per heavy atom. The van der Waals surface area contributed by atoms with Crippen molar-refractivity contribution >= 4 is 35.0 Å². The largest absolute Gasteiger partial charge is 0.478 e. The van der Waals surface area contributed by atoms with Crippen LogP contribution < -0.4 is 5.73 Å². The maximum absolute atomic E-state index is 11.0. The summed E-state index contributed by atoms with van der Waals surface area (Å²) in [6, 6.07) is 6.38. The Morgan fingerprint density at radius 1 is 1.11 bits per heavy atom. The van der Waals surface area contributed by atoms with Gasteiger partial charge < -0.3 is 10.8 Å². The second kappa shape index (κ2) is 4.84. The van der Waals surface area contributed by atoms with Crippen LogP contribution >= 0.6 is 23.2 Å². The number of pyridine rings is 1. The first-order chi connectivity index (χ1) is 8.47. The third-order valence-electron chi connectivity index (χ3n) is 2.34. The lowest BCUT2D eigenvalue weighted by Crippen LogP contribution is -2.04. The number of hydrogen-bond donors (Lipinski definition) is 2. The summed E-state index contributed by atoms with van der Waals surface area (Å²) in [7, 11) is 0. The molecule has 0 atom stereocenters. The van der Waals surface area contributed by atoms with E-state index in [2.05, 4.69) is 4.98 Å². The molecule has 0 spiro atoms. The molecule has 0 unspecified atom stereocenters. The summed E-state index contributed by atoms with van der Waals surface area (Å²) in [4.78, 5) is 14.8. The van der Waals surface area contributed by atoms with Crippen molar-refractivity contribution in [1.29, 1.82) is 0 Å². The van der Waals surface area contributed by atoms with Gasteiger partial charge in [0.25, 0.3) is 0 Å². The van der Waals surface area contributed by atoms with Crippen molar-refractivity contribution in [1.82, 2.24) is 4.98 Å². The summed E-state index contributed by atoms with van der Waals surface area (Å²) in [6.45, 7) is 0. The summed E-state index contributed by atoms with van der Waals surface area (Å²) in [5, 5.41) is 9.90. The van der Waals surface area contributed by atoms with Crippen molar-refractivity contribution in [3.8, 4) is 11.1 Å². The minimum absolute atomic E-state index is 0.0284. The van der Waals surface area contributed by atoms with Crippen molar-refractivity contribution in [2.75, 3.05) is 5.73 Å². The van der Waals surface area contributed by atoms with Gasteiger partial charge in [-0.05, 0) is 29.8 Å². The highest BCUT2D eigenvalue weighted by molar-refractivity contribution is 6.35. The van der Waals surface area contributed by atoms with Crippen molar-refractivity contribution < 1.29 is 9.90 Å². The molecule has 0 amide bonds. The molecule has 0 saturated carbocycles. The highest BCUT2D eigenvalue weighted by Crippen LogP contribution is 2.28. The number of carbonyl (C=O) groups is 1. The Labute approximate surface area is 113 Å². The number of nitrogen functional groups attached to an aromatic ring is 1. The maximum atomic E-state index is 11.0. The van der Waals surface area contributed by atoms with Crippen LogP contribution in [-0.2, 0) is 0 Å². The molecule has 1 heterocycles. The number of aromatic nitrogens is 1. The van der Waals surface area contributed by atoms with E-state index in [4.69, 9.17) is 34.0 Å². The smallest absolute Gasteiger partial charge is 0.339 e. The Hall–Kier alpha value is -1.78. The van der Waals surface area contributed by atoms with Gasteiger partial charge in [0, 0.05) is 21.8 Å². The molecule has 2 aromatic rings. The molecule has 0 bridgehead atoms. The normalized spacial score (nSPS) is 10.3. The molecule has 4 nitrogen and oxygen atoms in total. The predicted molar refractivity (Wildman–Crippen MR) is 71.1 cm³/mol. The Morgan fingerprint density at radius 3 is 2.28 bits per heavy atom. The quantitative estimate of drug-likeness (QED) is 0.886. The SMILES string of the molecule is Nc1ncc(-c2cc(Cl)cc(Cl)c2)cc1C(=O)O. The number of benzene rings is 1. The van der Waals surface area contributed by atoms with Crippen molar-refractivity contribution in [3.05, 3.63) is 46.1 Å². The van der Waals surface area contributed by atoms with E-state index >= 15 is 0 Å².